The van der Waals surface area contributed by atoms with Crippen molar-refractivity contribution in [2.45, 2.75) is 38.4 Å². The fraction of sp³-hybridized carbons (Fsp3) is 0.562. The van der Waals surface area contributed by atoms with Crippen LogP contribution in [0.25, 0.3) is 0 Å². The quantitative estimate of drug-likeness (QED) is 0.893. The van der Waals surface area contributed by atoms with Crippen LogP contribution in [0.3, 0.4) is 0 Å². The van der Waals surface area contributed by atoms with Gasteiger partial charge in [0.2, 0.25) is 0 Å². The van der Waals surface area contributed by atoms with Crippen LogP contribution in [0.1, 0.15) is 25.3 Å². The Labute approximate surface area is 121 Å². The van der Waals surface area contributed by atoms with E-state index in [-0.39, 0.29) is 6.61 Å². The minimum absolute atomic E-state index is 0.102. The maximum absolute atomic E-state index is 8.46. The average molecular weight is 273 g/mol. The van der Waals surface area contributed by atoms with Crippen LogP contribution in [0, 0.1) is 11.3 Å². The Bertz CT molecular complexity index is 452. The van der Waals surface area contributed by atoms with E-state index < -0.39 is 0 Å². The van der Waals surface area contributed by atoms with Crippen LogP contribution < -0.4 is 10.1 Å². The summed E-state index contributed by atoms with van der Waals surface area (Å²) in [5, 5.41) is 12.1. The molecule has 1 N–H and O–H groups in total. The lowest BCUT2D eigenvalue weighted by Gasteiger charge is -2.35. The van der Waals surface area contributed by atoms with Gasteiger partial charge in [-0.15, -0.1) is 0 Å². The summed E-state index contributed by atoms with van der Waals surface area (Å²) in [4.78, 5) is 2.42. The summed E-state index contributed by atoms with van der Waals surface area (Å²) < 4.78 is 5.24. The minimum Gasteiger partial charge on any atom is -0.479 e. The topological polar surface area (TPSA) is 48.3 Å². The van der Waals surface area contributed by atoms with Gasteiger partial charge in [-0.3, -0.25) is 0 Å². The van der Waals surface area contributed by atoms with Crippen molar-refractivity contribution in [3.8, 4) is 11.8 Å². The SMILES string of the molecule is CC1CC(NCc2ccc(OCC#N)cc2)CCN1C. The lowest BCUT2D eigenvalue weighted by molar-refractivity contribution is 0.168. The number of hydrogen-bond donors (Lipinski definition) is 1. The maximum atomic E-state index is 8.46. The van der Waals surface area contributed by atoms with Crippen molar-refractivity contribution in [3.05, 3.63) is 29.8 Å². The number of rotatable bonds is 5. The number of benzene rings is 1. The van der Waals surface area contributed by atoms with Gasteiger partial charge >= 0.3 is 0 Å². The molecule has 1 aliphatic rings. The van der Waals surface area contributed by atoms with Crippen LogP contribution in [0.15, 0.2) is 24.3 Å². The zero-order chi connectivity index (χ0) is 14.4. The zero-order valence-corrected chi connectivity index (χ0v) is 12.3. The number of hydrogen-bond acceptors (Lipinski definition) is 4. The molecule has 0 spiro atoms. The van der Waals surface area contributed by atoms with E-state index >= 15 is 0 Å². The van der Waals surface area contributed by atoms with E-state index in [1.807, 2.05) is 18.2 Å². The molecule has 1 heterocycles. The van der Waals surface area contributed by atoms with Crippen molar-refractivity contribution in [2.75, 3.05) is 20.2 Å². The maximum Gasteiger partial charge on any atom is 0.174 e. The molecule has 0 aromatic heterocycles. The van der Waals surface area contributed by atoms with E-state index in [9.17, 15) is 0 Å². The third kappa shape index (κ3) is 4.22. The monoisotopic (exact) mass is 273 g/mol. The summed E-state index contributed by atoms with van der Waals surface area (Å²) >= 11 is 0. The van der Waals surface area contributed by atoms with E-state index in [0.29, 0.717) is 12.1 Å². The molecule has 0 amide bonds. The molecular formula is C16H23N3O. The van der Waals surface area contributed by atoms with Crippen molar-refractivity contribution >= 4 is 0 Å². The summed E-state index contributed by atoms with van der Waals surface area (Å²) in [6.07, 6.45) is 2.42. The summed E-state index contributed by atoms with van der Waals surface area (Å²) in [7, 11) is 2.20. The first-order valence-corrected chi connectivity index (χ1v) is 7.21. The molecule has 1 saturated heterocycles. The molecule has 20 heavy (non-hydrogen) atoms. The molecule has 4 nitrogen and oxygen atoms in total. The second-order valence-electron chi connectivity index (χ2n) is 5.52. The molecular weight excluding hydrogens is 250 g/mol. The van der Waals surface area contributed by atoms with E-state index in [0.717, 1.165) is 12.3 Å². The van der Waals surface area contributed by atoms with Crippen LogP contribution in [-0.4, -0.2) is 37.2 Å². The van der Waals surface area contributed by atoms with Gasteiger partial charge in [-0.25, -0.2) is 0 Å². The molecule has 0 radical (unpaired) electrons. The van der Waals surface area contributed by atoms with E-state index in [2.05, 4.69) is 36.3 Å². The van der Waals surface area contributed by atoms with Crippen LogP contribution in [0.2, 0.25) is 0 Å². The van der Waals surface area contributed by atoms with E-state index in [1.165, 1.54) is 24.9 Å². The number of nitriles is 1. The van der Waals surface area contributed by atoms with Crippen LogP contribution in [0.5, 0.6) is 5.75 Å². The summed E-state index contributed by atoms with van der Waals surface area (Å²) in [6, 6.07) is 11.2. The molecule has 0 saturated carbocycles. The van der Waals surface area contributed by atoms with Gasteiger partial charge in [0.25, 0.3) is 0 Å². The highest BCUT2D eigenvalue weighted by molar-refractivity contribution is 5.27. The molecule has 1 aromatic carbocycles. The Kier molecular flexibility index (Phi) is 5.40. The van der Waals surface area contributed by atoms with Gasteiger partial charge in [-0.1, -0.05) is 12.1 Å². The highest BCUT2D eigenvalue weighted by atomic mass is 16.5. The smallest absolute Gasteiger partial charge is 0.174 e. The van der Waals surface area contributed by atoms with Crippen molar-refractivity contribution < 1.29 is 4.74 Å². The number of nitrogens with one attached hydrogen (secondary N) is 1. The first-order valence-electron chi connectivity index (χ1n) is 7.21. The standard InChI is InChI=1S/C16H23N3O/c1-13-11-15(7-9-19(13)2)18-12-14-3-5-16(6-4-14)20-10-8-17/h3-6,13,15,18H,7,9-12H2,1-2H3. The van der Waals surface area contributed by atoms with Crippen molar-refractivity contribution in [3.63, 3.8) is 0 Å². The number of piperidine rings is 1. The highest BCUT2D eigenvalue weighted by Gasteiger charge is 2.21. The third-order valence-electron chi connectivity index (χ3n) is 4.03. The highest BCUT2D eigenvalue weighted by Crippen LogP contribution is 2.16. The first-order chi connectivity index (χ1) is 9.69. The number of nitrogens with zero attached hydrogens (tertiary/aromatic N) is 2. The molecule has 1 aliphatic heterocycles. The summed E-state index contributed by atoms with van der Waals surface area (Å²) in [6.45, 7) is 4.44. The molecule has 4 heteroatoms. The van der Waals surface area contributed by atoms with Gasteiger partial charge in [0.1, 0.15) is 11.8 Å². The number of likely N-dealkylation sites (tertiary alicyclic amines) is 1. The Hall–Kier alpha value is -1.57. The summed E-state index contributed by atoms with van der Waals surface area (Å²) in [5.74, 6) is 0.753. The van der Waals surface area contributed by atoms with Gasteiger partial charge in [0.05, 0.1) is 0 Å². The Morgan fingerprint density at radius 2 is 2.15 bits per heavy atom. The Morgan fingerprint density at radius 3 is 2.80 bits per heavy atom. The van der Waals surface area contributed by atoms with Gasteiger partial charge < -0.3 is 15.0 Å². The van der Waals surface area contributed by atoms with Crippen LogP contribution in [0.4, 0.5) is 0 Å². The Morgan fingerprint density at radius 1 is 1.40 bits per heavy atom. The molecule has 1 aromatic rings. The molecule has 1 fully saturated rings. The van der Waals surface area contributed by atoms with Crippen LogP contribution >= 0.6 is 0 Å². The molecule has 2 atom stereocenters. The van der Waals surface area contributed by atoms with Gasteiger partial charge in [0.15, 0.2) is 6.61 Å². The minimum atomic E-state index is 0.102. The lowest BCUT2D eigenvalue weighted by atomic mass is 9.99. The van der Waals surface area contributed by atoms with Crippen LogP contribution in [-0.2, 0) is 6.54 Å². The second kappa shape index (κ2) is 7.28. The van der Waals surface area contributed by atoms with E-state index in [4.69, 9.17) is 10.00 Å². The fourth-order valence-electron chi connectivity index (χ4n) is 2.56. The fourth-order valence-corrected chi connectivity index (χ4v) is 2.56. The number of ether oxygens (including phenoxy) is 1. The first kappa shape index (κ1) is 14.8. The predicted octanol–water partition coefficient (Wildman–Crippen LogP) is 2.16. The lowest BCUT2D eigenvalue weighted by Crippen LogP contribution is -2.45. The normalized spacial score (nSPS) is 23.2. The van der Waals surface area contributed by atoms with Crippen molar-refractivity contribution in [1.29, 1.82) is 5.26 Å². The predicted molar refractivity (Wildman–Crippen MR) is 79.5 cm³/mol. The Balaban J connectivity index is 1.78. The second-order valence-corrected chi connectivity index (χ2v) is 5.52. The molecule has 0 bridgehead atoms. The largest absolute Gasteiger partial charge is 0.479 e. The van der Waals surface area contributed by atoms with Crippen molar-refractivity contribution in [2.24, 2.45) is 0 Å². The molecule has 2 rings (SSSR count). The molecule has 2 unspecified atom stereocenters. The van der Waals surface area contributed by atoms with Gasteiger partial charge in [-0.05, 0) is 51.1 Å². The summed E-state index contributed by atoms with van der Waals surface area (Å²) in [5.41, 5.74) is 1.25. The van der Waals surface area contributed by atoms with E-state index in [1.54, 1.807) is 0 Å². The van der Waals surface area contributed by atoms with Gasteiger partial charge in [-0.2, -0.15) is 5.26 Å². The third-order valence-corrected chi connectivity index (χ3v) is 4.03. The van der Waals surface area contributed by atoms with Crippen molar-refractivity contribution in [1.82, 2.24) is 10.2 Å². The van der Waals surface area contributed by atoms with Gasteiger partial charge in [0, 0.05) is 18.6 Å². The molecule has 108 valence electrons. The molecule has 0 aliphatic carbocycles. The average Bonchev–Trinajstić information content (AvgIpc) is 2.47. The zero-order valence-electron chi connectivity index (χ0n) is 12.3.